The predicted molar refractivity (Wildman–Crippen MR) is 96.1 cm³/mol. The number of hydrogen-bond donors (Lipinski definition) is 0. The number of fused-ring (bicyclic) bond motifs is 1. The first-order valence-electron chi connectivity index (χ1n) is 9.34. The standard InChI is InChI=1S/C21H25FN2O2/c1-20(2)13-21(20,15-9-5-6-10-16(15)22)19(25)24(3)12-17-14-8-4-7-11-18(14)26-23-17/h5-6,9-10H,4,7-8,11-13H2,1-3H3/t21-/m1/s1. The molecule has 26 heavy (non-hydrogen) atoms. The maximum Gasteiger partial charge on any atom is 0.234 e. The summed E-state index contributed by atoms with van der Waals surface area (Å²) in [6, 6.07) is 6.65. The zero-order chi connectivity index (χ0) is 18.5. The topological polar surface area (TPSA) is 46.3 Å². The van der Waals surface area contributed by atoms with Gasteiger partial charge in [-0.05, 0) is 37.2 Å². The van der Waals surface area contributed by atoms with Crippen molar-refractivity contribution in [1.29, 1.82) is 0 Å². The molecule has 4 rings (SSSR count). The van der Waals surface area contributed by atoms with E-state index in [1.165, 1.54) is 6.07 Å². The number of rotatable bonds is 4. The van der Waals surface area contributed by atoms with Crippen molar-refractivity contribution in [2.45, 2.75) is 57.9 Å². The molecule has 0 bridgehead atoms. The molecule has 2 aliphatic rings. The van der Waals surface area contributed by atoms with Crippen LogP contribution < -0.4 is 0 Å². The summed E-state index contributed by atoms with van der Waals surface area (Å²) in [5.41, 5.74) is 1.45. The third-order valence-electron chi connectivity index (χ3n) is 6.20. The van der Waals surface area contributed by atoms with Crippen LogP contribution in [0.1, 0.15) is 55.7 Å². The van der Waals surface area contributed by atoms with Crippen molar-refractivity contribution in [3.8, 4) is 0 Å². The lowest BCUT2D eigenvalue weighted by atomic mass is 9.86. The van der Waals surface area contributed by atoms with Crippen LogP contribution in [0.3, 0.4) is 0 Å². The van der Waals surface area contributed by atoms with Gasteiger partial charge < -0.3 is 9.42 Å². The minimum Gasteiger partial charge on any atom is -0.361 e. The minimum atomic E-state index is -0.795. The summed E-state index contributed by atoms with van der Waals surface area (Å²) in [5, 5.41) is 4.21. The largest absolute Gasteiger partial charge is 0.361 e. The molecule has 2 aromatic rings. The van der Waals surface area contributed by atoms with Crippen molar-refractivity contribution in [2.75, 3.05) is 7.05 Å². The molecular formula is C21H25FN2O2. The minimum absolute atomic E-state index is 0.0415. The molecule has 1 fully saturated rings. The molecule has 2 aliphatic carbocycles. The van der Waals surface area contributed by atoms with Gasteiger partial charge in [0, 0.05) is 24.6 Å². The Morgan fingerprint density at radius 1 is 1.27 bits per heavy atom. The van der Waals surface area contributed by atoms with Crippen LogP contribution in [0.25, 0.3) is 0 Å². The second-order valence-electron chi connectivity index (χ2n) is 8.35. The van der Waals surface area contributed by atoms with Gasteiger partial charge in [0.2, 0.25) is 5.91 Å². The second kappa shape index (κ2) is 5.93. The smallest absolute Gasteiger partial charge is 0.234 e. The number of halogens is 1. The van der Waals surface area contributed by atoms with E-state index in [0.717, 1.165) is 42.7 Å². The molecule has 138 valence electrons. The molecule has 0 saturated heterocycles. The van der Waals surface area contributed by atoms with Crippen molar-refractivity contribution in [2.24, 2.45) is 5.41 Å². The Morgan fingerprint density at radius 2 is 1.96 bits per heavy atom. The van der Waals surface area contributed by atoms with Crippen LogP contribution in [0, 0.1) is 11.2 Å². The van der Waals surface area contributed by atoms with E-state index in [-0.39, 0.29) is 17.1 Å². The summed E-state index contributed by atoms with van der Waals surface area (Å²) in [7, 11) is 1.78. The lowest BCUT2D eigenvalue weighted by molar-refractivity contribution is -0.134. The van der Waals surface area contributed by atoms with Gasteiger partial charge in [0.15, 0.2) is 0 Å². The number of carbonyl (C=O) groups excluding carboxylic acids is 1. The molecule has 1 heterocycles. The highest BCUT2D eigenvalue weighted by Crippen LogP contribution is 2.65. The van der Waals surface area contributed by atoms with Crippen molar-refractivity contribution in [3.63, 3.8) is 0 Å². The quantitative estimate of drug-likeness (QED) is 0.831. The SMILES string of the molecule is CN(Cc1noc2c1CCCC2)C(=O)[C@]1(c2ccccc2F)CC1(C)C. The number of amides is 1. The molecule has 0 aliphatic heterocycles. The molecule has 0 radical (unpaired) electrons. The van der Waals surface area contributed by atoms with E-state index in [9.17, 15) is 9.18 Å². The third kappa shape index (κ3) is 2.48. The van der Waals surface area contributed by atoms with Gasteiger partial charge in [-0.25, -0.2) is 4.39 Å². The molecule has 1 aromatic heterocycles. The Bertz CT molecular complexity index is 857. The number of likely N-dealkylation sites (N-methyl/N-ethyl adjacent to an activating group) is 1. The lowest BCUT2D eigenvalue weighted by Crippen LogP contribution is -2.39. The van der Waals surface area contributed by atoms with E-state index in [2.05, 4.69) is 5.16 Å². The van der Waals surface area contributed by atoms with Gasteiger partial charge in [-0.1, -0.05) is 37.2 Å². The fraction of sp³-hybridized carbons (Fsp3) is 0.524. The molecule has 1 atom stereocenters. The van der Waals surface area contributed by atoms with E-state index >= 15 is 0 Å². The number of hydrogen-bond acceptors (Lipinski definition) is 3. The normalized spacial score (nSPS) is 23.4. The maximum absolute atomic E-state index is 14.5. The molecule has 0 spiro atoms. The van der Waals surface area contributed by atoms with Gasteiger partial charge >= 0.3 is 0 Å². The molecule has 1 saturated carbocycles. The number of nitrogens with zero attached hydrogens (tertiary/aromatic N) is 2. The third-order valence-corrected chi connectivity index (χ3v) is 6.20. The summed E-state index contributed by atoms with van der Waals surface area (Å²) in [6.45, 7) is 4.47. The summed E-state index contributed by atoms with van der Waals surface area (Å²) in [5.74, 6) is 0.612. The van der Waals surface area contributed by atoms with Crippen LogP contribution in [0.2, 0.25) is 0 Å². The molecule has 1 aromatic carbocycles. The average Bonchev–Trinajstić information content (AvgIpc) is 2.99. The average molecular weight is 356 g/mol. The molecule has 4 nitrogen and oxygen atoms in total. The fourth-order valence-corrected chi connectivity index (χ4v) is 4.56. The number of aryl methyl sites for hydroxylation is 1. The van der Waals surface area contributed by atoms with Crippen LogP contribution in [0.4, 0.5) is 4.39 Å². The summed E-state index contributed by atoms with van der Waals surface area (Å²) in [6.07, 6.45) is 4.79. The zero-order valence-corrected chi connectivity index (χ0v) is 15.6. The van der Waals surface area contributed by atoms with Crippen LogP contribution >= 0.6 is 0 Å². The highest BCUT2D eigenvalue weighted by atomic mass is 19.1. The van der Waals surface area contributed by atoms with Crippen molar-refractivity contribution >= 4 is 5.91 Å². The molecular weight excluding hydrogens is 331 g/mol. The lowest BCUT2D eigenvalue weighted by Gasteiger charge is -2.27. The second-order valence-corrected chi connectivity index (χ2v) is 8.35. The number of carbonyl (C=O) groups is 1. The van der Waals surface area contributed by atoms with Gasteiger partial charge in [0.05, 0.1) is 12.0 Å². The molecule has 5 heteroatoms. The van der Waals surface area contributed by atoms with Crippen molar-refractivity contribution in [3.05, 3.63) is 52.7 Å². The first-order valence-corrected chi connectivity index (χ1v) is 9.34. The van der Waals surface area contributed by atoms with E-state index in [4.69, 9.17) is 4.52 Å². The predicted octanol–water partition coefficient (Wildman–Crippen LogP) is 4.02. The summed E-state index contributed by atoms with van der Waals surface area (Å²) >= 11 is 0. The summed E-state index contributed by atoms with van der Waals surface area (Å²) in [4.78, 5) is 15.1. The zero-order valence-electron chi connectivity index (χ0n) is 15.6. The first-order chi connectivity index (χ1) is 12.4. The van der Waals surface area contributed by atoms with E-state index in [0.29, 0.717) is 18.5 Å². The van der Waals surface area contributed by atoms with E-state index in [1.807, 2.05) is 13.8 Å². The Labute approximate surface area is 153 Å². The van der Waals surface area contributed by atoms with Crippen LogP contribution in [-0.2, 0) is 29.6 Å². The number of benzene rings is 1. The first kappa shape index (κ1) is 17.3. The fourth-order valence-electron chi connectivity index (χ4n) is 4.56. The highest BCUT2D eigenvalue weighted by molar-refractivity contribution is 5.93. The Kier molecular flexibility index (Phi) is 3.94. The monoisotopic (exact) mass is 356 g/mol. The van der Waals surface area contributed by atoms with Gasteiger partial charge in [-0.2, -0.15) is 0 Å². The van der Waals surface area contributed by atoms with Gasteiger partial charge in [-0.15, -0.1) is 0 Å². The Hall–Kier alpha value is -2.17. The van der Waals surface area contributed by atoms with E-state index < -0.39 is 5.41 Å². The molecule has 0 unspecified atom stereocenters. The van der Waals surface area contributed by atoms with Crippen molar-refractivity contribution < 1.29 is 13.7 Å². The van der Waals surface area contributed by atoms with E-state index in [1.54, 1.807) is 30.1 Å². The highest BCUT2D eigenvalue weighted by Gasteiger charge is 2.68. The van der Waals surface area contributed by atoms with Crippen molar-refractivity contribution in [1.82, 2.24) is 10.1 Å². The van der Waals surface area contributed by atoms with Gasteiger partial charge in [0.1, 0.15) is 17.3 Å². The maximum atomic E-state index is 14.5. The number of aromatic nitrogens is 1. The van der Waals surface area contributed by atoms with Crippen LogP contribution in [0.15, 0.2) is 28.8 Å². The van der Waals surface area contributed by atoms with Crippen LogP contribution in [-0.4, -0.2) is 23.0 Å². The molecule has 1 amide bonds. The van der Waals surface area contributed by atoms with Gasteiger partial charge in [0.25, 0.3) is 0 Å². The summed E-state index contributed by atoms with van der Waals surface area (Å²) < 4.78 is 20.0. The molecule has 0 N–H and O–H groups in total. The van der Waals surface area contributed by atoms with Gasteiger partial charge in [-0.3, -0.25) is 4.79 Å². The van der Waals surface area contributed by atoms with Crippen LogP contribution in [0.5, 0.6) is 0 Å². The Balaban J connectivity index is 1.62. The Morgan fingerprint density at radius 3 is 2.65 bits per heavy atom.